The largest absolute Gasteiger partial charge is 0.478 e. The number of nitro groups is 1. The zero-order chi connectivity index (χ0) is 14.8. The summed E-state index contributed by atoms with van der Waals surface area (Å²) >= 11 is 5.82. The van der Waals surface area contributed by atoms with Crippen molar-refractivity contribution in [3.63, 3.8) is 0 Å². The summed E-state index contributed by atoms with van der Waals surface area (Å²) in [7, 11) is 0. The van der Waals surface area contributed by atoms with Gasteiger partial charge in [0.1, 0.15) is 5.56 Å². The molecule has 0 saturated heterocycles. The molecule has 0 aliphatic carbocycles. The van der Waals surface area contributed by atoms with Crippen LogP contribution in [0.4, 0.5) is 5.69 Å². The molecule has 1 aromatic carbocycles. The monoisotopic (exact) mass is 283 g/mol. The predicted octanol–water partition coefficient (Wildman–Crippen LogP) is 2.74. The highest BCUT2D eigenvalue weighted by Crippen LogP contribution is 2.35. The van der Waals surface area contributed by atoms with Crippen LogP contribution in [0.1, 0.15) is 24.2 Å². The number of carbonyl (C=O) groups is 1. The maximum absolute atomic E-state index is 11.1. The van der Waals surface area contributed by atoms with Crippen molar-refractivity contribution in [2.75, 3.05) is 0 Å². The van der Waals surface area contributed by atoms with Gasteiger partial charge in [0.2, 0.25) is 0 Å². The molecule has 0 atom stereocenters. The smallest absolute Gasteiger partial charge is 0.339 e. The first-order chi connectivity index (χ1) is 8.68. The third-order valence-corrected chi connectivity index (χ3v) is 2.46. The molecule has 7 heteroatoms. The van der Waals surface area contributed by atoms with E-state index < -0.39 is 27.7 Å². The summed E-state index contributed by atoms with van der Waals surface area (Å²) in [4.78, 5) is 21.0. The molecule has 0 unspecified atom stereocenters. The fourth-order valence-corrected chi connectivity index (χ4v) is 1.48. The van der Waals surface area contributed by atoms with Gasteiger partial charge in [-0.15, -0.1) is 6.42 Å². The van der Waals surface area contributed by atoms with E-state index in [9.17, 15) is 14.9 Å². The Balaban J connectivity index is 3.44. The average molecular weight is 284 g/mol. The van der Waals surface area contributed by atoms with E-state index >= 15 is 0 Å². The molecule has 1 aromatic rings. The van der Waals surface area contributed by atoms with Crippen LogP contribution >= 0.6 is 11.6 Å². The number of halogens is 1. The van der Waals surface area contributed by atoms with E-state index in [0.717, 1.165) is 12.1 Å². The molecule has 0 saturated carbocycles. The molecule has 100 valence electrons. The van der Waals surface area contributed by atoms with Crippen LogP contribution in [0.2, 0.25) is 5.02 Å². The highest BCUT2D eigenvalue weighted by molar-refractivity contribution is 6.33. The average Bonchev–Trinajstić information content (AvgIpc) is 2.30. The second-order valence-corrected chi connectivity index (χ2v) is 4.53. The number of nitro benzene ring substituents is 1. The molecular weight excluding hydrogens is 274 g/mol. The molecule has 1 rings (SSSR count). The fourth-order valence-electron chi connectivity index (χ4n) is 1.23. The van der Waals surface area contributed by atoms with Crippen molar-refractivity contribution in [1.82, 2.24) is 0 Å². The van der Waals surface area contributed by atoms with Crippen LogP contribution in [-0.4, -0.2) is 21.6 Å². The Morgan fingerprint density at radius 2 is 2.16 bits per heavy atom. The van der Waals surface area contributed by atoms with Gasteiger partial charge in [0, 0.05) is 12.1 Å². The van der Waals surface area contributed by atoms with Gasteiger partial charge in [-0.2, -0.15) is 0 Å². The number of hydrogen-bond donors (Lipinski definition) is 1. The first-order valence-electron chi connectivity index (χ1n) is 5.06. The second kappa shape index (κ2) is 5.16. The van der Waals surface area contributed by atoms with Gasteiger partial charge < -0.3 is 9.84 Å². The van der Waals surface area contributed by atoms with Crippen LogP contribution in [-0.2, 0) is 0 Å². The molecule has 6 nitrogen and oxygen atoms in total. The number of carboxylic acid groups (broad SMARTS) is 1. The van der Waals surface area contributed by atoms with Gasteiger partial charge >= 0.3 is 5.97 Å². The minimum absolute atomic E-state index is 0.185. The van der Waals surface area contributed by atoms with Gasteiger partial charge in [-0.1, -0.05) is 17.5 Å². The topological polar surface area (TPSA) is 89.7 Å². The summed E-state index contributed by atoms with van der Waals surface area (Å²) in [5.41, 5.74) is -1.94. The van der Waals surface area contributed by atoms with Crippen LogP contribution in [0.25, 0.3) is 0 Å². The zero-order valence-electron chi connectivity index (χ0n) is 10.1. The van der Waals surface area contributed by atoms with Crippen molar-refractivity contribution in [2.45, 2.75) is 19.4 Å². The molecule has 0 bridgehead atoms. The third-order valence-electron chi connectivity index (χ3n) is 2.17. The summed E-state index contributed by atoms with van der Waals surface area (Å²) in [5, 5.41) is 19.5. The Hall–Kier alpha value is -2.26. The Morgan fingerprint density at radius 1 is 1.58 bits per heavy atom. The van der Waals surface area contributed by atoms with Crippen LogP contribution in [0, 0.1) is 22.5 Å². The van der Waals surface area contributed by atoms with Gasteiger partial charge in [0.05, 0.1) is 9.95 Å². The summed E-state index contributed by atoms with van der Waals surface area (Å²) in [6, 6.07) is 1.88. The molecule has 0 heterocycles. The molecule has 0 radical (unpaired) electrons. The van der Waals surface area contributed by atoms with Crippen molar-refractivity contribution >= 4 is 23.3 Å². The van der Waals surface area contributed by atoms with Crippen molar-refractivity contribution in [3.8, 4) is 18.1 Å². The number of benzene rings is 1. The number of terminal acetylenes is 1. The summed E-state index contributed by atoms with van der Waals surface area (Å²) in [6.45, 7) is 3.08. The van der Waals surface area contributed by atoms with Crippen LogP contribution in [0.3, 0.4) is 0 Å². The van der Waals surface area contributed by atoms with Gasteiger partial charge in [0.15, 0.2) is 11.4 Å². The van der Waals surface area contributed by atoms with Crippen LogP contribution in [0.5, 0.6) is 5.75 Å². The van der Waals surface area contributed by atoms with Gasteiger partial charge in [0.25, 0.3) is 5.69 Å². The van der Waals surface area contributed by atoms with E-state index in [1.807, 2.05) is 0 Å². The highest BCUT2D eigenvalue weighted by Gasteiger charge is 2.26. The Kier molecular flexibility index (Phi) is 4.02. The molecular formula is C12H10ClNO5. The third kappa shape index (κ3) is 3.36. The zero-order valence-corrected chi connectivity index (χ0v) is 10.9. The van der Waals surface area contributed by atoms with E-state index in [1.165, 1.54) is 13.8 Å². The van der Waals surface area contributed by atoms with Gasteiger partial charge in [-0.25, -0.2) is 4.79 Å². The van der Waals surface area contributed by atoms with Gasteiger partial charge in [-0.05, 0) is 13.8 Å². The Morgan fingerprint density at radius 3 is 2.58 bits per heavy atom. The molecule has 0 spiro atoms. The molecule has 0 fully saturated rings. The SMILES string of the molecule is C#CC(C)(C)Oc1c(Cl)cc([N+](=O)[O-])cc1C(=O)O. The lowest BCUT2D eigenvalue weighted by atomic mass is 10.1. The number of carboxylic acids is 1. The quantitative estimate of drug-likeness (QED) is 0.521. The van der Waals surface area contributed by atoms with E-state index in [2.05, 4.69) is 5.92 Å². The summed E-state index contributed by atoms with van der Waals surface area (Å²) < 4.78 is 5.34. The van der Waals surface area contributed by atoms with Crippen molar-refractivity contribution in [3.05, 3.63) is 32.8 Å². The first kappa shape index (κ1) is 14.8. The fraction of sp³-hybridized carbons (Fsp3) is 0.250. The molecule has 0 aliphatic heterocycles. The second-order valence-electron chi connectivity index (χ2n) is 4.12. The molecule has 19 heavy (non-hydrogen) atoms. The van der Waals surface area contributed by atoms with Crippen molar-refractivity contribution < 1.29 is 19.6 Å². The summed E-state index contributed by atoms with van der Waals surface area (Å²) in [6.07, 6.45) is 5.23. The molecule has 0 aromatic heterocycles. The maximum Gasteiger partial charge on any atom is 0.339 e. The minimum atomic E-state index is -1.39. The number of non-ortho nitro benzene ring substituents is 1. The van der Waals surface area contributed by atoms with Crippen LogP contribution < -0.4 is 4.74 Å². The van der Waals surface area contributed by atoms with E-state index in [0.29, 0.717) is 0 Å². The van der Waals surface area contributed by atoms with E-state index in [4.69, 9.17) is 27.9 Å². The van der Waals surface area contributed by atoms with Crippen LogP contribution in [0.15, 0.2) is 12.1 Å². The number of hydrogen-bond acceptors (Lipinski definition) is 4. The standard InChI is InChI=1S/C12H10ClNO5/c1-4-12(2,3)19-10-8(11(15)16)5-7(14(17)18)6-9(10)13/h1,5-6H,2-3H3,(H,15,16). The van der Waals surface area contributed by atoms with Gasteiger partial charge in [-0.3, -0.25) is 10.1 Å². The number of aromatic carboxylic acids is 1. The molecule has 0 aliphatic rings. The van der Waals surface area contributed by atoms with E-state index in [-0.39, 0.29) is 10.8 Å². The number of rotatable bonds is 4. The van der Waals surface area contributed by atoms with E-state index in [1.54, 1.807) is 0 Å². The number of ether oxygens (including phenoxy) is 1. The summed E-state index contributed by atoms with van der Waals surface area (Å²) in [5.74, 6) is 0.726. The molecule has 0 amide bonds. The maximum atomic E-state index is 11.1. The first-order valence-corrected chi connectivity index (χ1v) is 5.44. The minimum Gasteiger partial charge on any atom is -0.478 e. The normalized spacial score (nSPS) is 10.6. The number of nitrogens with zero attached hydrogens (tertiary/aromatic N) is 1. The van der Waals surface area contributed by atoms with Crippen molar-refractivity contribution in [2.24, 2.45) is 0 Å². The lowest BCUT2D eigenvalue weighted by molar-refractivity contribution is -0.384. The van der Waals surface area contributed by atoms with Crippen molar-refractivity contribution in [1.29, 1.82) is 0 Å². The Labute approximate surface area is 114 Å². The lowest BCUT2D eigenvalue weighted by Crippen LogP contribution is -2.26. The predicted molar refractivity (Wildman–Crippen MR) is 68.6 cm³/mol. The molecule has 1 N–H and O–H groups in total. The Bertz CT molecular complexity index is 589. The lowest BCUT2D eigenvalue weighted by Gasteiger charge is -2.22. The highest BCUT2D eigenvalue weighted by atomic mass is 35.5.